The van der Waals surface area contributed by atoms with Gasteiger partial charge in [0.25, 0.3) is 0 Å². The number of benzene rings is 1. The molecule has 126 valence electrons. The summed E-state index contributed by atoms with van der Waals surface area (Å²) in [6, 6.07) is 3.46. The molecule has 1 aliphatic heterocycles. The Balaban J connectivity index is 1.85. The zero-order chi connectivity index (χ0) is 17.0. The van der Waals surface area contributed by atoms with Crippen LogP contribution >= 0.6 is 0 Å². The molecule has 0 aromatic heterocycles. The molecule has 1 N–H and O–H groups in total. The molecule has 6 heteroatoms. The third-order valence-corrected chi connectivity index (χ3v) is 4.61. The molecule has 23 heavy (non-hydrogen) atoms. The largest absolute Gasteiger partial charge is 0.444 e. The highest BCUT2D eigenvalue weighted by Crippen LogP contribution is 2.59. The minimum absolute atomic E-state index is 0.123. The van der Waals surface area contributed by atoms with Gasteiger partial charge in [0.15, 0.2) is 0 Å². The molecule has 0 bridgehead atoms. The van der Waals surface area contributed by atoms with E-state index < -0.39 is 35.0 Å². The number of ether oxygens (including phenoxy) is 1. The van der Waals surface area contributed by atoms with Crippen LogP contribution < -0.4 is 0 Å². The number of aliphatic hydroxyl groups excluding tert-OH is 1. The molecule has 2 aliphatic rings. The number of fused-ring (bicyclic) bond motifs is 1. The van der Waals surface area contributed by atoms with Gasteiger partial charge >= 0.3 is 6.09 Å². The van der Waals surface area contributed by atoms with Crippen LogP contribution in [0.4, 0.5) is 13.6 Å². The Morgan fingerprint density at radius 2 is 1.91 bits per heavy atom. The van der Waals surface area contributed by atoms with E-state index >= 15 is 0 Å². The van der Waals surface area contributed by atoms with Crippen LogP contribution in [0.5, 0.6) is 0 Å². The highest BCUT2D eigenvalue weighted by Gasteiger charge is 2.61. The second-order valence-electron chi connectivity index (χ2n) is 7.54. The first-order chi connectivity index (χ1) is 10.6. The van der Waals surface area contributed by atoms with Gasteiger partial charge in [-0.2, -0.15) is 0 Å². The molecule has 0 radical (unpaired) electrons. The Labute approximate surface area is 134 Å². The van der Waals surface area contributed by atoms with Crippen molar-refractivity contribution in [2.45, 2.75) is 50.9 Å². The molecular formula is C17H21F2NO3. The summed E-state index contributed by atoms with van der Waals surface area (Å²) < 4.78 is 32.4. The SMILES string of the molecule is CC(C)(C)OC(=O)N1C[C@@]2(c3cc(F)cc(F)c3)CC2CC1O. The normalized spacial score (nSPS) is 29.9. The number of amides is 1. The van der Waals surface area contributed by atoms with Crippen molar-refractivity contribution in [1.29, 1.82) is 0 Å². The fourth-order valence-electron chi connectivity index (χ4n) is 3.47. The van der Waals surface area contributed by atoms with Crippen molar-refractivity contribution in [1.82, 2.24) is 4.90 Å². The Kier molecular flexibility index (Phi) is 3.63. The molecule has 3 rings (SSSR count). The van der Waals surface area contributed by atoms with E-state index in [1.807, 2.05) is 0 Å². The summed E-state index contributed by atoms with van der Waals surface area (Å²) in [4.78, 5) is 13.6. The molecule has 1 aromatic rings. The number of carbonyl (C=O) groups excluding carboxylic acids is 1. The van der Waals surface area contributed by atoms with Crippen molar-refractivity contribution < 1.29 is 23.4 Å². The zero-order valence-electron chi connectivity index (χ0n) is 13.5. The van der Waals surface area contributed by atoms with Crippen LogP contribution in [0.15, 0.2) is 18.2 Å². The lowest BCUT2D eigenvalue weighted by Gasteiger charge is -2.37. The van der Waals surface area contributed by atoms with Gasteiger partial charge in [-0.3, -0.25) is 4.90 Å². The number of nitrogens with zero attached hydrogens (tertiary/aromatic N) is 1. The van der Waals surface area contributed by atoms with Crippen molar-refractivity contribution in [3.63, 3.8) is 0 Å². The summed E-state index contributed by atoms with van der Waals surface area (Å²) in [5, 5.41) is 10.2. The van der Waals surface area contributed by atoms with E-state index in [2.05, 4.69) is 0 Å². The molecule has 0 spiro atoms. The standard InChI is InChI=1S/C17H21F2NO3/c1-16(2,3)23-15(22)20-9-17(8-11(17)6-14(20)21)10-4-12(18)7-13(19)5-10/h4-5,7,11,14,21H,6,8-9H2,1-3H3/t11?,14?,17-/m1/s1. The van der Waals surface area contributed by atoms with Crippen LogP contribution in [0.3, 0.4) is 0 Å². The summed E-state index contributed by atoms with van der Waals surface area (Å²) in [6.07, 6.45) is -0.445. The van der Waals surface area contributed by atoms with E-state index in [9.17, 15) is 18.7 Å². The fourth-order valence-corrected chi connectivity index (χ4v) is 3.47. The van der Waals surface area contributed by atoms with Gasteiger partial charge in [-0.05, 0) is 57.2 Å². The Morgan fingerprint density at radius 3 is 2.48 bits per heavy atom. The molecule has 1 heterocycles. The first kappa shape index (κ1) is 16.2. The Hall–Kier alpha value is -1.69. The summed E-state index contributed by atoms with van der Waals surface area (Å²) >= 11 is 0. The van der Waals surface area contributed by atoms with Gasteiger partial charge in [-0.1, -0.05) is 0 Å². The smallest absolute Gasteiger partial charge is 0.412 e. The topological polar surface area (TPSA) is 49.8 Å². The van der Waals surface area contributed by atoms with E-state index in [0.29, 0.717) is 18.4 Å². The van der Waals surface area contributed by atoms with Crippen LogP contribution in [0, 0.1) is 17.6 Å². The number of carbonyl (C=O) groups is 1. The number of rotatable bonds is 1. The molecule has 1 aliphatic carbocycles. The van der Waals surface area contributed by atoms with E-state index in [1.54, 1.807) is 20.8 Å². The average Bonchev–Trinajstić information content (AvgIpc) is 3.09. The minimum Gasteiger partial charge on any atom is -0.444 e. The van der Waals surface area contributed by atoms with Gasteiger partial charge < -0.3 is 9.84 Å². The van der Waals surface area contributed by atoms with Gasteiger partial charge in [-0.25, -0.2) is 13.6 Å². The summed E-state index contributed by atoms with van der Waals surface area (Å²) in [7, 11) is 0. The zero-order valence-corrected chi connectivity index (χ0v) is 13.5. The lowest BCUT2D eigenvalue weighted by molar-refractivity contribution is -0.0506. The van der Waals surface area contributed by atoms with Crippen LogP contribution in [-0.4, -0.2) is 34.5 Å². The van der Waals surface area contributed by atoms with Crippen LogP contribution in [0.2, 0.25) is 0 Å². The number of hydrogen-bond donors (Lipinski definition) is 1. The molecule has 2 fully saturated rings. The van der Waals surface area contributed by atoms with E-state index in [0.717, 1.165) is 6.07 Å². The fraction of sp³-hybridized carbons (Fsp3) is 0.588. The molecule has 1 saturated heterocycles. The average molecular weight is 325 g/mol. The van der Waals surface area contributed by atoms with Gasteiger partial charge in [0.05, 0.1) is 0 Å². The predicted octanol–water partition coefficient (Wildman–Crippen LogP) is 3.18. The van der Waals surface area contributed by atoms with Crippen LogP contribution in [0.1, 0.15) is 39.2 Å². The maximum absolute atomic E-state index is 13.5. The third-order valence-electron chi connectivity index (χ3n) is 4.61. The summed E-state index contributed by atoms with van der Waals surface area (Å²) in [5.74, 6) is -1.14. The second kappa shape index (κ2) is 5.16. The monoisotopic (exact) mass is 325 g/mol. The van der Waals surface area contributed by atoms with Crippen LogP contribution in [-0.2, 0) is 10.2 Å². The van der Waals surface area contributed by atoms with Crippen molar-refractivity contribution in [2.24, 2.45) is 5.92 Å². The molecule has 4 nitrogen and oxygen atoms in total. The van der Waals surface area contributed by atoms with Gasteiger partial charge in [0.2, 0.25) is 0 Å². The number of hydrogen-bond acceptors (Lipinski definition) is 3. The summed E-state index contributed by atoms with van der Waals surface area (Å²) in [5.41, 5.74) is -0.616. The number of aliphatic hydroxyl groups is 1. The third kappa shape index (κ3) is 3.04. The lowest BCUT2D eigenvalue weighted by atomic mass is 9.88. The molecule has 1 aromatic carbocycles. The molecule has 2 unspecified atom stereocenters. The highest BCUT2D eigenvalue weighted by molar-refractivity contribution is 5.69. The Morgan fingerprint density at radius 1 is 1.30 bits per heavy atom. The number of halogens is 2. The second-order valence-corrected chi connectivity index (χ2v) is 7.54. The number of piperidine rings is 1. The van der Waals surface area contributed by atoms with Crippen molar-refractivity contribution in [3.8, 4) is 0 Å². The van der Waals surface area contributed by atoms with E-state index in [4.69, 9.17) is 4.74 Å². The van der Waals surface area contributed by atoms with Crippen molar-refractivity contribution >= 4 is 6.09 Å². The highest BCUT2D eigenvalue weighted by atomic mass is 19.1. The quantitative estimate of drug-likeness (QED) is 0.863. The molecule has 1 saturated carbocycles. The van der Waals surface area contributed by atoms with Crippen molar-refractivity contribution in [3.05, 3.63) is 35.4 Å². The predicted molar refractivity (Wildman–Crippen MR) is 79.7 cm³/mol. The first-order valence-corrected chi connectivity index (χ1v) is 7.75. The summed E-state index contributed by atoms with van der Waals surface area (Å²) in [6.45, 7) is 5.45. The first-order valence-electron chi connectivity index (χ1n) is 7.75. The maximum atomic E-state index is 13.5. The van der Waals surface area contributed by atoms with Crippen molar-refractivity contribution in [2.75, 3.05) is 6.54 Å². The van der Waals surface area contributed by atoms with Crippen LogP contribution in [0.25, 0.3) is 0 Å². The molecule has 3 atom stereocenters. The van der Waals surface area contributed by atoms with Gasteiger partial charge in [0.1, 0.15) is 23.5 Å². The molecule has 1 amide bonds. The maximum Gasteiger partial charge on any atom is 0.412 e. The minimum atomic E-state index is -0.927. The number of likely N-dealkylation sites (tertiary alicyclic amines) is 1. The lowest BCUT2D eigenvalue weighted by Crippen LogP contribution is -2.50. The molecular weight excluding hydrogens is 304 g/mol. The Bertz CT molecular complexity index is 623. The van der Waals surface area contributed by atoms with E-state index in [1.165, 1.54) is 17.0 Å². The van der Waals surface area contributed by atoms with E-state index in [-0.39, 0.29) is 12.5 Å². The van der Waals surface area contributed by atoms with Gasteiger partial charge in [0, 0.05) is 18.0 Å². The van der Waals surface area contributed by atoms with Gasteiger partial charge in [-0.15, -0.1) is 0 Å².